The van der Waals surface area contributed by atoms with Crippen molar-refractivity contribution in [3.8, 4) is 5.75 Å². The van der Waals surface area contributed by atoms with E-state index in [-0.39, 0.29) is 6.61 Å². The second-order valence-corrected chi connectivity index (χ2v) is 8.54. The van der Waals surface area contributed by atoms with Crippen molar-refractivity contribution in [2.75, 3.05) is 6.61 Å². The lowest BCUT2D eigenvalue weighted by Gasteiger charge is -2.44. The topological polar surface area (TPSA) is 141 Å². The first kappa shape index (κ1) is 26.1. The smallest absolute Gasteiger partial charge is 0.303 e. The quantitative estimate of drug-likeness (QED) is 0.294. The summed E-state index contributed by atoms with van der Waals surface area (Å²) < 4.78 is 33.9. The van der Waals surface area contributed by atoms with Gasteiger partial charge in [-0.2, -0.15) is 0 Å². The number of benzene rings is 1. The normalized spacial score (nSPS) is 23.7. The number of thiophene rings is 1. The molecule has 1 aliphatic rings. The summed E-state index contributed by atoms with van der Waals surface area (Å²) in [4.78, 5) is 58.5. The third kappa shape index (κ3) is 6.34. The minimum absolute atomic E-state index is 0.299. The molecule has 0 unspecified atom stereocenters. The molecule has 0 amide bonds. The van der Waals surface area contributed by atoms with Crippen LogP contribution in [-0.4, -0.2) is 67.5 Å². The second-order valence-electron chi connectivity index (χ2n) is 7.62. The molecule has 0 aliphatic carbocycles. The molecule has 0 bridgehead atoms. The Kier molecular flexibility index (Phi) is 8.41. The van der Waals surface area contributed by atoms with Gasteiger partial charge in [-0.3, -0.25) is 24.0 Å². The Morgan fingerprint density at radius 1 is 0.886 bits per heavy atom. The van der Waals surface area contributed by atoms with Crippen molar-refractivity contribution < 1.29 is 52.4 Å². The van der Waals surface area contributed by atoms with Crippen LogP contribution in [0.3, 0.4) is 0 Å². The molecule has 0 saturated carbocycles. The molecule has 1 saturated heterocycles. The summed E-state index contributed by atoms with van der Waals surface area (Å²) in [5.74, 6) is -2.53. The van der Waals surface area contributed by atoms with Crippen molar-refractivity contribution in [1.82, 2.24) is 0 Å². The first-order valence-electron chi connectivity index (χ1n) is 10.5. The van der Waals surface area contributed by atoms with Crippen LogP contribution < -0.4 is 4.74 Å². The molecule has 188 valence electrons. The molecule has 0 spiro atoms. The SMILES string of the molecule is CC(=O)OC[C@H]1O[C@@H](Oc2ccc(C=O)c3sccc23)[C@H](OC(C)=O)[C@@H](OC(C)=O)[C@H]1OC(C)=O. The fraction of sp³-hybridized carbons (Fsp3) is 0.435. The van der Waals surface area contributed by atoms with Gasteiger partial charge in [0.2, 0.25) is 12.4 Å². The first-order valence-corrected chi connectivity index (χ1v) is 11.4. The molecule has 12 heteroatoms. The Balaban J connectivity index is 2.04. The molecule has 35 heavy (non-hydrogen) atoms. The number of rotatable bonds is 8. The first-order chi connectivity index (χ1) is 16.6. The minimum atomic E-state index is -1.36. The predicted molar refractivity (Wildman–Crippen MR) is 120 cm³/mol. The van der Waals surface area contributed by atoms with Crippen LogP contribution in [0.1, 0.15) is 38.1 Å². The summed E-state index contributed by atoms with van der Waals surface area (Å²) in [6, 6.07) is 4.85. The highest BCUT2D eigenvalue weighted by Crippen LogP contribution is 2.36. The van der Waals surface area contributed by atoms with Crippen molar-refractivity contribution in [1.29, 1.82) is 0 Å². The molecular weight excluding hydrogens is 484 g/mol. The van der Waals surface area contributed by atoms with Gasteiger partial charge in [0, 0.05) is 43.3 Å². The molecule has 2 heterocycles. The molecule has 2 aromatic rings. The Morgan fingerprint density at radius 2 is 1.51 bits per heavy atom. The predicted octanol–water partition coefficient (Wildman–Crippen LogP) is 2.18. The molecule has 1 aromatic carbocycles. The maximum Gasteiger partial charge on any atom is 0.303 e. The van der Waals surface area contributed by atoms with Crippen LogP contribution in [0.15, 0.2) is 23.6 Å². The molecule has 1 aliphatic heterocycles. The zero-order valence-electron chi connectivity index (χ0n) is 19.4. The van der Waals surface area contributed by atoms with Crippen LogP contribution in [0.5, 0.6) is 5.75 Å². The molecule has 3 rings (SSSR count). The van der Waals surface area contributed by atoms with E-state index in [0.717, 1.165) is 27.1 Å². The largest absolute Gasteiger partial charge is 0.463 e. The number of fused-ring (bicyclic) bond motifs is 1. The maximum absolute atomic E-state index is 11.9. The van der Waals surface area contributed by atoms with Gasteiger partial charge in [0.15, 0.2) is 18.5 Å². The second kappa shape index (κ2) is 11.3. The van der Waals surface area contributed by atoms with Crippen molar-refractivity contribution in [2.24, 2.45) is 0 Å². The van der Waals surface area contributed by atoms with Gasteiger partial charge in [-0.15, -0.1) is 11.3 Å². The minimum Gasteiger partial charge on any atom is -0.463 e. The van der Waals surface area contributed by atoms with Crippen molar-refractivity contribution in [3.63, 3.8) is 0 Å². The van der Waals surface area contributed by atoms with Gasteiger partial charge < -0.3 is 28.4 Å². The van der Waals surface area contributed by atoms with E-state index in [1.165, 1.54) is 18.3 Å². The average Bonchev–Trinajstić information content (AvgIpc) is 3.26. The summed E-state index contributed by atoms with van der Waals surface area (Å²) in [6.07, 6.45) is -5.74. The van der Waals surface area contributed by atoms with Crippen LogP contribution in [0.25, 0.3) is 10.1 Å². The lowest BCUT2D eigenvalue weighted by Crippen LogP contribution is -2.63. The van der Waals surface area contributed by atoms with E-state index in [1.54, 1.807) is 23.6 Å². The van der Waals surface area contributed by atoms with Gasteiger partial charge in [0.1, 0.15) is 18.5 Å². The third-order valence-corrected chi connectivity index (χ3v) is 5.89. The number of carbonyl (C=O) groups excluding carboxylic acids is 5. The number of esters is 4. The lowest BCUT2D eigenvalue weighted by molar-refractivity contribution is -0.288. The van der Waals surface area contributed by atoms with Crippen molar-refractivity contribution in [2.45, 2.75) is 58.4 Å². The van der Waals surface area contributed by atoms with Crippen LogP contribution in [0.4, 0.5) is 0 Å². The number of aldehydes is 1. The van der Waals surface area contributed by atoms with Gasteiger partial charge in [0.05, 0.1) is 0 Å². The van der Waals surface area contributed by atoms with E-state index in [0.29, 0.717) is 21.4 Å². The lowest BCUT2D eigenvalue weighted by atomic mass is 9.98. The van der Waals surface area contributed by atoms with Gasteiger partial charge >= 0.3 is 23.9 Å². The summed E-state index contributed by atoms with van der Waals surface area (Å²) in [5.41, 5.74) is 0.462. The van der Waals surface area contributed by atoms with Gasteiger partial charge in [-0.25, -0.2) is 0 Å². The molecular formula is C23H24O11S. The maximum atomic E-state index is 11.9. The Hall–Kier alpha value is -3.51. The van der Waals surface area contributed by atoms with Crippen LogP contribution in [0.2, 0.25) is 0 Å². The monoisotopic (exact) mass is 508 g/mol. The molecule has 11 nitrogen and oxygen atoms in total. The summed E-state index contributed by atoms with van der Waals surface area (Å²) in [7, 11) is 0. The standard InChI is InChI=1S/C23H24O11S/c1-11(25)29-10-18-19(30-12(2)26)20(31-13(3)27)21(32-14(4)28)23(34-18)33-17-6-5-15(9-24)22-16(17)7-8-35-22/h5-9,18-21,23H,10H2,1-4H3/t18-,19+,20+,21-,23-/m1/s1. The number of hydrogen-bond donors (Lipinski definition) is 0. The van der Waals surface area contributed by atoms with E-state index < -0.39 is 54.6 Å². The Labute approximate surface area is 204 Å². The molecule has 5 atom stereocenters. The van der Waals surface area contributed by atoms with Gasteiger partial charge in [0.25, 0.3) is 0 Å². The zero-order valence-corrected chi connectivity index (χ0v) is 20.2. The fourth-order valence-electron chi connectivity index (χ4n) is 3.66. The van der Waals surface area contributed by atoms with Crippen molar-refractivity contribution in [3.05, 3.63) is 29.1 Å². The van der Waals surface area contributed by atoms with E-state index in [2.05, 4.69) is 0 Å². The summed E-state index contributed by atoms with van der Waals surface area (Å²) >= 11 is 1.33. The number of ether oxygens (including phenoxy) is 6. The summed E-state index contributed by atoms with van der Waals surface area (Å²) in [5, 5.41) is 2.38. The molecule has 1 fully saturated rings. The highest BCUT2D eigenvalue weighted by Gasteiger charge is 2.53. The Bertz CT molecular complexity index is 1120. The van der Waals surface area contributed by atoms with Crippen LogP contribution in [0, 0.1) is 0 Å². The van der Waals surface area contributed by atoms with Crippen LogP contribution >= 0.6 is 11.3 Å². The Morgan fingerprint density at radius 3 is 2.11 bits per heavy atom. The molecule has 0 N–H and O–H groups in total. The highest BCUT2D eigenvalue weighted by molar-refractivity contribution is 7.17. The average molecular weight is 509 g/mol. The van der Waals surface area contributed by atoms with Gasteiger partial charge in [-0.05, 0) is 23.6 Å². The number of carbonyl (C=O) groups is 5. The zero-order chi connectivity index (χ0) is 25.7. The van der Waals surface area contributed by atoms with E-state index in [1.807, 2.05) is 0 Å². The molecule has 1 aromatic heterocycles. The third-order valence-electron chi connectivity index (χ3n) is 4.93. The van der Waals surface area contributed by atoms with E-state index in [4.69, 9.17) is 28.4 Å². The van der Waals surface area contributed by atoms with Gasteiger partial charge in [-0.1, -0.05) is 0 Å². The molecule has 0 radical (unpaired) electrons. The highest BCUT2D eigenvalue weighted by atomic mass is 32.1. The van der Waals surface area contributed by atoms with E-state index in [9.17, 15) is 24.0 Å². The van der Waals surface area contributed by atoms with E-state index >= 15 is 0 Å². The summed E-state index contributed by atoms with van der Waals surface area (Å²) in [6.45, 7) is 4.23. The van der Waals surface area contributed by atoms with Crippen molar-refractivity contribution >= 4 is 51.6 Å². The number of hydrogen-bond acceptors (Lipinski definition) is 12. The fourth-order valence-corrected chi connectivity index (χ4v) is 4.55. The van der Waals surface area contributed by atoms with Crippen LogP contribution in [-0.2, 0) is 42.9 Å².